The van der Waals surface area contributed by atoms with Crippen molar-refractivity contribution in [1.82, 2.24) is 4.72 Å². The first-order chi connectivity index (χ1) is 15.5. The van der Waals surface area contributed by atoms with Gasteiger partial charge in [0, 0.05) is 18.9 Å². The molecule has 1 fully saturated rings. The number of alkyl halides is 3. The Hall–Kier alpha value is -2.54. The van der Waals surface area contributed by atoms with Crippen molar-refractivity contribution >= 4 is 34.0 Å². The fourth-order valence-electron chi connectivity index (χ4n) is 3.54. The Balaban J connectivity index is 1.79. The fourth-order valence-corrected chi connectivity index (χ4v) is 5.87. The number of hydrogen-bond donors (Lipinski definition) is 2. The van der Waals surface area contributed by atoms with Gasteiger partial charge in [-0.3, -0.25) is 4.79 Å². The molecule has 1 aliphatic carbocycles. The van der Waals surface area contributed by atoms with Gasteiger partial charge in [-0.1, -0.05) is 35.5 Å². The highest BCUT2D eigenvalue weighted by atomic mass is 32.2. The summed E-state index contributed by atoms with van der Waals surface area (Å²) in [5.74, 6) is -3.52. The molecule has 2 N–H and O–H groups in total. The number of ether oxygens (including phenoxy) is 1. The molecule has 33 heavy (non-hydrogen) atoms. The zero-order valence-electron chi connectivity index (χ0n) is 17.6. The summed E-state index contributed by atoms with van der Waals surface area (Å²) in [5.41, 5.74) is -0.598. The molecular weight excluding hydrogens is 481 g/mol. The molecule has 1 aromatic carbocycles. The number of rotatable bonds is 10. The maximum Gasteiger partial charge on any atom is 0.451 e. The highest BCUT2D eigenvalue weighted by molar-refractivity contribution is 7.85. The third kappa shape index (κ3) is 5.18. The lowest BCUT2D eigenvalue weighted by atomic mass is 10.1. The number of halogens is 3. The van der Waals surface area contributed by atoms with E-state index >= 15 is 0 Å². The molecule has 12 heteroatoms. The predicted molar refractivity (Wildman–Crippen MR) is 117 cm³/mol. The summed E-state index contributed by atoms with van der Waals surface area (Å²) in [6.45, 7) is 4.34. The smallest absolute Gasteiger partial charge is 0.451 e. The molecule has 0 saturated heterocycles. The van der Waals surface area contributed by atoms with E-state index in [1.807, 2.05) is 6.07 Å². The Morgan fingerprint density at radius 1 is 1.30 bits per heavy atom. The van der Waals surface area contributed by atoms with Crippen LogP contribution in [0.3, 0.4) is 0 Å². The van der Waals surface area contributed by atoms with Crippen LogP contribution in [0.5, 0.6) is 0 Å². The van der Waals surface area contributed by atoms with Gasteiger partial charge in [-0.2, -0.15) is 13.2 Å². The van der Waals surface area contributed by atoms with Gasteiger partial charge in [0.1, 0.15) is 20.7 Å². The number of carboxylic acids is 1. The monoisotopic (exact) mass is 502 g/mol. The minimum Gasteiger partial charge on any atom is -0.480 e. The molecule has 2 aromatic rings. The summed E-state index contributed by atoms with van der Waals surface area (Å²) in [7, 11) is -0.448. The Labute approximate surface area is 194 Å². The molecule has 1 aromatic heterocycles. The minimum atomic E-state index is -4.74. The van der Waals surface area contributed by atoms with Crippen LogP contribution in [-0.4, -0.2) is 46.4 Å². The minimum absolute atomic E-state index is 0.118. The van der Waals surface area contributed by atoms with Crippen LogP contribution in [0.2, 0.25) is 0 Å². The number of hydrogen-bond acceptors (Lipinski definition) is 6. The second kappa shape index (κ2) is 9.75. The number of carbonyl (C=O) groups is 1. The highest BCUT2D eigenvalue weighted by Crippen LogP contribution is 2.58. The average Bonchev–Trinajstić information content (AvgIpc) is 3.14. The zero-order chi connectivity index (χ0) is 24.4. The molecular formula is C21H21F3N2O5S2. The van der Waals surface area contributed by atoms with E-state index in [0.717, 1.165) is 16.9 Å². The second-order valence-corrected chi connectivity index (χ2v) is 9.83. The molecule has 3 rings (SSSR count). The summed E-state index contributed by atoms with van der Waals surface area (Å²) in [4.78, 5) is 17.0. The first-order valence-electron chi connectivity index (χ1n) is 9.57. The topological polar surface area (TPSA) is 97.2 Å². The molecule has 1 saturated carbocycles. The van der Waals surface area contributed by atoms with Crippen LogP contribution in [0.1, 0.15) is 23.3 Å². The maximum atomic E-state index is 13.0. The molecule has 0 bridgehead atoms. The van der Waals surface area contributed by atoms with Crippen LogP contribution in [0, 0.1) is 5.92 Å². The van der Waals surface area contributed by atoms with Gasteiger partial charge in [-0.25, -0.2) is 8.93 Å². The van der Waals surface area contributed by atoms with E-state index in [-0.39, 0.29) is 16.5 Å². The van der Waals surface area contributed by atoms with Gasteiger partial charge in [0.2, 0.25) is 5.76 Å². The van der Waals surface area contributed by atoms with Crippen molar-refractivity contribution in [3.63, 3.8) is 0 Å². The molecule has 7 nitrogen and oxygen atoms in total. The van der Waals surface area contributed by atoms with Crippen molar-refractivity contribution < 1.29 is 36.9 Å². The molecule has 0 spiro atoms. The number of oxime groups is 1. The van der Waals surface area contributed by atoms with E-state index in [2.05, 4.69) is 21.3 Å². The Morgan fingerprint density at radius 3 is 2.55 bits per heavy atom. The summed E-state index contributed by atoms with van der Waals surface area (Å²) in [6, 6.07) is 12.0. The third-order valence-corrected chi connectivity index (χ3v) is 7.94. The second-order valence-electron chi connectivity index (χ2n) is 7.30. The van der Waals surface area contributed by atoms with Gasteiger partial charge in [0.05, 0.1) is 17.2 Å². The fraction of sp³-hybridized carbons (Fsp3) is 0.333. The number of methoxy groups -OCH3 is 1. The number of nitrogens with one attached hydrogen (secondary N) is 1. The lowest BCUT2D eigenvalue weighted by Gasteiger charge is -2.14. The molecule has 178 valence electrons. The molecule has 4 atom stereocenters. The number of nitrogens with zero attached hydrogens (tertiary/aromatic N) is 1. The van der Waals surface area contributed by atoms with Gasteiger partial charge in [-0.05, 0) is 31.2 Å². The van der Waals surface area contributed by atoms with Crippen LogP contribution >= 0.6 is 11.3 Å². The lowest BCUT2D eigenvalue weighted by molar-refractivity contribution is -0.141. The van der Waals surface area contributed by atoms with E-state index in [1.54, 1.807) is 24.3 Å². The first kappa shape index (κ1) is 25.1. The van der Waals surface area contributed by atoms with E-state index in [0.29, 0.717) is 4.88 Å². The van der Waals surface area contributed by atoms with E-state index in [9.17, 15) is 27.3 Å². The summed E-state index contributed by atoms with van der Waals surface area (Å²) >= 11 is 0.992. The summed E-state index contributed by atoms with van der Waals surface area (Å²) in [5, 5.41) is 13.4. The van der Waals surface area contributed by atoms with Crippen LogP contribution in [-0.2, 0) is 25.4 Å². The van der Waals surface area contributed by atoms with Gasteiger partial charge in [0.25, 0.3) is 0 Å². The summed E-state index contributed by atoms with van der Waals surface area (Å²) in [6.07, 6.45) is -4.74. The molecule has 1 aliphatic rings. The molecule has 1 heterocycles. The normalized spacial score (nSPS) is 23.7. The average molecular weight is 503 g/mol. The molecule has 0 radical (unpaired) electrons. The van der Waals surface area contributed by atoms with E-state index in [1.165, 1.54) is 26.2 Å². The lowest BCUT2D eigenvalue weighted by Crippen LogP contribution is -2.44. The molecule has 0 aliphatic heterocycles. The van der Waals surface area contributed by atoms with Crippen molar-refractivity contribution in [2.24, 2.45) is 11.1 Å². The standard InChI is InChI=1S/C21H21F3N2O5S2/c1-12(25-31-13(2)21(22,23)24)16-9-10-17(32-16)33(29)26-20(19(27)28)15(11-30-3)18(20)14-7-5-4-6-8-14/h4-10,15,18,26H,2,11H2,1,3H3,(H,27,28)/b25-12+. The van der Waals surface area contributed by atoms with Gasteiger partial charge < -0.3 is 14.7 Å². The summed E-state index contributed by atoms with van der Waals surface area (Å²) < 4.78 is 58.7. The van der Waals surface area contributed by atoms with Crippen LogP contribution in [0.25, 0.3) is 0 Å². The zero-order valence-corrected chi connectivity index (χ0v) is 19.2. The number of thiophene rings is 1. The van der Waals surface area contributed by atoms with Gasteiger partial charge >= 0.3 is 12.1 Å². The SMILES string of the molecule is C=C(O/N=C(\C)c1ccc(S(=O)NC2(C(=O)O)C(COC)C2c2ccccc2)s1)C(F)(F)F. The van der Waals surface area contributed by atoms with Crippen molar-refractivity contribution in [3.05, 3.63) is 65.2 Å². The largest absolute Gasteiger partial charge is 0.480 e. The number of allylic oxidation sites excluding steroid dienone is 1. The maximum absolute atomic E-state index is 13.0. The van der Waals surface area contributed by atoms with Crippen molar-refractivity contribution in [3.8, 4) is 0 Å². The Kier molecular flexibility index (Phi) is 7.42. The highest BCUT2D eigenvalue weighted by Gasteiger charge is 2.71. The number of benzene rings is 1. The third-order valence-electron chi connectivity index (χ3n) is 5.22. The van der Waals surface area contributed by atoms with Crippen molar-refractivity contribution in [2.45, 2.75) is 28.8 Å². The van der Waals surface area contributed by atoms with E-state index < -0.39 is 46.3 Å². The molecule has 0 amide bonds. The van der Waals surface area contributed by atoms with Crippen LogP contribution < -0.4 is 4.72 Å². The number of aliphatic carboxylic acids is 1. The quantitative estimate of drug-likeness (QED) is 0.290. The van der Waals surface area contributed by atoms with Gasteiger partial charge in [0.15, 0.2) is 0 Å². The van der Waals surface area contributed by atoms with Crippen LogP contribution in [0.15, 0.2) is 64.2 Å². The Morgan fingerprint density at radius 2 is 1.97 bits per heavy atom. The van der Waals surface area contributed by atoms with E-state index in [4.69, 9.17) is 4.74 Å². The predicted octanol–water partition coefficient (Wildman–Crippen LogP) is 4.06. The van der Waals surface area contributed by atoms with Gasteiger partial charge in [-0.15, -0.1) is 11.3 Å². The first-order valence-corrected chi connectivity index (χ1v) is 11.5. The van der Waals surface area contributed by atoms with Crippen molar-refractivity contribution in [2.75, 3.05) is 13.7 Å². The molecule has 4 unspecified atom stereocenters. The van der Waals surface area contributed by atoms with Crippen LogP contribution in [0.4, 0.5) is 13.2 Å². The van der Waals surface area contributed by atoms with Crippen molar-refractivity contribution in [1.29, 1.82) is 0 Å². The Bertz CT molecular complexity index is 1090. The number of carboxylic acid groups (broad SMARTS) is 1.